The summed E-state index contributed by atoms with van der Waals surface area (Å²) in [6, 6.07) is 18.7. The number of carbonyl (C=O) groups excluding carboxylic acids is 3. The summed E-state index contributed by atoms with van der Waals surface area (Å²) < 4.78 is 37.8. The Bertz CT molecular complexity index is 1240. The molecule has 10 atom stereocenters. The molecule has 10 unspecified atom stereocenters. The lowest BCUT2D eigenvalue weighted by Gasteiger charge is -2.43. The summed E-state index contributed by atoms with van der Waals surface area (Å²) in [4.78, 5) is 34.3. The summed E-state index contributed by atoms with van der Waals surface area (Å²) in [6.45, 7) is 5.57. The molecule has 0 amide bonds. The van der Waals surface area contributed by atoms with Crippen LogP contribution in [-0.4, -0.2) is 107 Å². The third kappa shape index (κ3) is 11.6. The summed E-state index contributed by atoms with van der Waals surface area (Å²) in [6.07, 6.45) is -9.38. The summed E-state index contributed by atoms with van der Waals surface area (Å²) in [5.74, 6) is -1.91. The maximum Gasteiger partial charge on any atom is 0.305 e. The lowest BCUT2D eigenvalue weighted by Crippen LogP contribution is -2.59. The van der Waals surface area contributed by atoms with Gasteiger partial charge in [0, 0.05) is 26.7 Å². The Kier molecular flexibility index (Phi) is 15.2. The molecule has 14 nitrogen and oxygen atoms in total. The van der Waals surface area contributed by atoms with Gasteiger partial charge in [-0.1, -0.05) is 67.6 Å². The van der Waals surface area contributed by atoms with Crippen molar-refractivity contribution in [1.82, 2.24) is 0 Å². The van der Waals surface area contributed by atoms with Crippen molar-refractivity contribution in [3.05, 3.63) is 71.8 Å². The molecule has 2 saturated heterocycles. The van der Waals surface area contributed by atoms with E-state index in [2.05, 4.69) is 0 Å². The van der Waals surface area contributed by atoms with E-state index in [1.54, 1.807) is 0 Å². The van der Waals surface area contributed by atoms with Crippen LogP contribution >= 0.6 is 0 Å². The zero-order valence-corrected chi connectivity index (χ0v) is 26.7. The number of hydrogen-bond donors (Lipinski definition) is 4. The van der Waals surface area contributed by atoms with Gasteiger partial charge in [0.2, 0.25) is 6.29 Å². The SMILES string of the molecule is CC(=O)OCC1OC(OC(C)=O)C(OC(C)=O)C(OCc2ccccc2)C1C.OCC1OC(O)C(O)C(OCc2ccccc2)C1O. The summed E-state index contributed by atoms with van der Waals surface area (Å²) >= 11 is 0. The second-order valence-corrected chi connectivity index (χ2v) is 11.1. The molecular formula is C33H44O14. The molecule has 14 heteroatoms. The van der Waals surface area contributed by atoms with Crippen LogP contribution in [0.15, 0.2) is 60.7 Å². The summed E-state index contributed by atoms with van der Waals surface area (Å²) in [7, 11) is 0. The van der Waals surface area contributed by atoms with E-state index in [4.69, 9.17) is 38.3 Å². The highest BCUT2D eigenvalue weighted by molar-refractivity contribution is 5.67. The van der Waals surface area contributed by atoms with Gasteiger partial charge in [0.05, 0.1) is 19.8 Å². The van der Waals surface area contributed by atoms with E-state index in [9.17, 15) is 29.7 Å². The lowest BCUT2D eigenvalue weighted by molar-refractivity contribution is -0.296. The van der Waals surface area contributed by atoms with E-state index < -0.39 is 79.8 Å². The molecule has 0 spiro atoms. The van der Waals surface area contributed by atoms with Crippen LogP contribution in [0.2, 0.25) is 0 Å². The van der Waals surface area contributed by atoms with E-state index in [1.165, 1.54) is 20.8 Å². The largest absolute Gasteiger partial charge is 0.463 e. The van der Waals surface area contributed by atoms with E-state index in [1.807, 2.05) is 67.6 Å². The number of ether oxygens (including phenoxy) is 7. The van der Waals surface area contributed by atoms with E-state index >= 15 is 0 Å². The minimum Gasteiger partial charge on any atom is -0.463 e. The second kappa shape index (κ2) is 18.8. The standard InChI is InChI=1S/C20H26O8.C13H18O6/c1-12-17(11-24-13(2)21)28-20(27-15(4)23)19(26-14(3)22)18(12)25-10-16-8-6-5-7-9-16;14-6-9-10(15)12(11(16)13(17)19-9)18-7-8-4-2-1-3-5-8/h5-9,12,17-20H,10-11H2,1-4H3;1-5,9-17H,6-7H2. The first-order chi connectivity index (χ1) is 22.4. The molecule has 47 heavy (non-hydrogen) atoms. The second-order valence-electron chi connectivity index (χ2n) is 11.1. The van der Waals surface area contributed by atoms with Gasteiger partial charge in [-0.25, -0.2) is 0 Å². The van der Waals surface area contributed by atoms with Gasteiger partial charge in [-0.05, 0) is 11.1 Å². The third-order valence-electron chi connectivity index (χ3n) is 7.45. The van der Waals surface area contributed by atoms with Gasteiger partial charge in [0.1, 0.15) is 43.2 Å². The predicted molar refractivity (Wildman–Crippen MR) is 162 cm³/mol. The molecule has 0 bridgehead atoms. The average molecular weight is 665 g/mol. The van der Waals surface area contributed by atoms with Crippen molar-refractivity contribution in [2.24, 2.45) is 5.92 Å². The van der Waals surface area contributed by atoms with Crippen LogP contribution in [0.4, 0.5) is 0 Å². The smallest absolute Gasteiger partial charge is 0.305 e. The molecule has 260 valence electrons. The summed E-state index contributed by atoms with van der Waals surface area (Å²) in [5, 5.41) is 38.2. The van der Waals surface area contributed by atoms with E-state index in [0.29, 0.717) is 0 Å². The topological polar surface area (TPSA) is 197 Å². The van der Waals surface area contributed by atoms with Crippen LogP contribution in [0, 0.1) is 5.92 Å². The number of rotatable bonds is 11. The van der Waals surface area contributed by atoms with Crippen LogP contribution in [0.5, 0.6) is 0 Å². The first-order valence-electron chi connectivity index (χ1n) is 15.2. The quantitative estimate of drug-likeness (QED) is 0.196. The van der Waals surface area contributed by atoms with Crippen molar-refractivity contribution < 1.29 is 68.0 Å². The lowest BCUT2D eigenvalue weighted by atomic mass is 9.90. The molecule has 4 N–H and O–H groups in total. The predicted octanol–water partition coefficient (Wildman–Crippen LogP) is 0.994. The molecular weight excluding hydrogens is 620 g/mol. The highest BCUT2D eigenvalue weighted by atomic mass is 16.7. The molecule has 2 aromatic rings. The number of benzene rings is 2. The molecule has 0 radical (unpaired) electrons. The maximum absolute atomic E-state index is 11.6. The average Bonchev–Trinajstić information content (AvgIpc) is 3.04. The first-order valence-corrected chi connectivity index (χ1v) is 15.2. The Morgan fingerprint density at radius 2 is 1.21 bits per heavy atom. The first kappa shape index (κ1) is 38.0. The molecule has 2 aliphatic heterocycles. The van der Waals surface area contributed by atoms with Crippen molar-refractivity contribution in [1.29, 1.82) is 0 Å². The molecule has 4 rings (SSSR count). The number of aliphatic hydroxyl groups is 4. The molecule has 0 aliphatic carbocycles. The van der Waals surface area contributed by atoms with Crippen LogP contribution in [0.3, 0.4) is 0 Å². The number of carbonyl (C=O) groups is 3. The van der Waals surface area contributed by atoms with Gasteiger partial charge in [-0.15, -0.1) is 0 Å². The van der Waals surface area contributed by atoms with Gasteiger partial charge in [0.15, 0.2) is 12.4 Å². The van der Waals surface area contributed by atoms with Crippen LogP contribution in [0.25, 0.3) is 0 Å². The maximum atomic E-state index is 11.6. The van der Waals surface area contributed by atoms with Crippen LogP contribution in [-0.2, 0) is 60.8 Å². The number of aliphatic hydroxyl groups excluding tert-OH is 4. The monoisotopic (exact) mass is 664 g/mol. The van der Waals surface area contributed by atoms with Crippen LogP contribution in [0.1, 0.15) is 38.8 Å². The molecule has 2 fully saturated rings. The Balaban J connectivity index is 0.000000274. The van der Waals surface area contributed by atoms with Gasteiger partial charge in [-0.2, -0.15) is 0 Å². The van der Waals surface area contributed by atoms with Crippen molar-refractivity contribution in [2.45, 2.75) is 96.2 Å². The minimum absolute atomic E-state index is 0.0355. The van der Waals surface area contributed by atoms with Crippen LogP contribution < -0.4 is 0 Å². The molecule has 0 saturated carbocycles. The molecule has 2 aliphatic rings. The summed E-state index contributed by atoms with van der Waals surface area (Å²) in [5.41, 5.74) is 1.81. The third-order valence-corrected chi connectivity index (χ3v) is 7.45. The fourth-order valence-corrected chi connectivity index (χ4v) is 5.05. The highest BCUT2D eigenvalue weighted by Crippen LogP contribution is 2.32. The van der Waals surface area contributed by atoms with E-state index in [-0.39, 0.29) is 25.7 Å². The van der Waals surface area contributed by atoms with Crippen molar-refractivity contribution >= 4 is 17.9 Å². The van der Waals surface area contributed by atoms with E-state index in [0.717, 1.165) is 11.1 Å². The minimum atomic E-state index is -1.48. The molecule has 2 heterocycles. The van der Waals surface area contributed by atoms with Crippen molar-refractivity contribution in [3.8, 4) is 0 Å². The number of esters is 3. The number of hydrogen-bond acceptors (Lipinski definition) is 14. The van der Waals surface area contributed by atoms with Gasteiger partial charge < -0.3 is 53.6 Å². The van der Waals surface area contributed by atoms with Crippen molar-refractivity contribution in [3.63, 3.8) is 0 Å². The molecule has 0 aromatic heterocycles. The Labute approximate surface area is 273 Å². The van der Waals surface area contributed by atoms with Crippen molar-refractivity contribution in [2.75, 3.05) is 13.2 Å². The highest BCUT2D eigenvalue weighted by Gasteiger charge is 2.49. The normalized spacial score (nSPS) is 30.3. The van der Waals surface area contributed by atoms with Gasteiger partial charge >= 0.3 is 17.9 Å². The fraction of sp³-hybridized carbons (Fsp3) is 0.545. The zero-order chi connectivity index (χ0) is 34.5. The zero-order valence-electron chi connectivity index (χ0n) is 26.7. The fourth-order valence-electron chi connectivity index (χ4n) is 5.05. The molecule has 2 aromatic carbocycles. The Morgan fingerprint density at radius 1 is 0.681 bits per heavy atom. The van der Waals surface area contributed by atoms with Gasteiger partial charge in [-0.3, -0.25) is 14.4 Å². The Hall–Kier alpha value is -3.47. The van der Waals surface area contributed by atoms with Gasteiger partial charge in [0.25, 0.3) is 0 Å². The Morgan fingerprint density at radius 3 is 1.70 bits per heavy atom.